The summed E-state index contributed by atoms with van der Waals surface area (Å²) >= 11 is 0. The molecule has 8 heteroatoms. The third-order valence-corrected chi connectivity index (χ3v) is 6.59. The summed E-state index contributed by atoms with van der Waals surface area (Å²) < 4.78 is 11.1. The highest BCUT2D eigenvalue weighted by molar-refractivity contribution is 6.26. The second kappa shape index (κ2) is 10.4. The second-order valence-corrected chi connectivity index (χ2v) is 9.08. The summed E-state index contributed by atoms with van der Waals surface area (Å²) in [5, 5.41) is 4.01. The highest BCUT2D eigenvalue weighted by Crippen LogP contribution is 2.31. The maximum Gasteiger partial charge on any atom is 0.347 e. The van der Waals surface area contributed by atoms with E-state index in [4.69, 9.17) is 9.47 Å². The quantitative estimate of drug-likeness (QED) is 0.278. The van der Waals surface area contributed by atoms with Gasteiger partial charge in [0.2, 0.25) is 11.7 Å². The molecule has 0 aliphatic carbocycles. The summed E-state index contributed by atoms with van der Waals surface area (Å²) in [7, 11) is 0. The minimum Gasteiger partial charge on any atom is -0.462 e. The number of allylic oxidation sites excluding steroid dienone is 1. The van der Waals surface area contributed by atoms with E-state index in [1.54, 1.807) is 25.4 Å². The predicted molar refractivity (Wildman–Crippen MR) is 138 cm³/mol. The van der Waals surface area contributed by atoms with Gasteiger partial charge in [0, 0.05) is 35.6 Å². The number of pyridine rings is 1. The number of hydrogen-bond acceptors (Lipinski definition) is 7. The van der Waals surface area contributed by atoms with Crippen molar-refractivity contribution in [3.05, 3.63) is 76.6 Å². The van der Waals surface area contributed by atoms with Crippen LogP contribution < -0.4 is 5.32 Å². The Kier molecular flexibility index (Phi) is 6.86. The molecule has 0 saturated carbocycles. The van der Waals surface area contributed by atoms with Gasteiger partial charge in [0.05, 0.1) is 6.61 Å². The van der Waals surface area contributed by atoms with Gasteiger partial charge in [-0.1, -0.05) is 12.1 Å². The number of ketones is 1. The first-order valence-corrected chi connectivity index (χ1v) is 12.4. The first kappa shape index (κ1) is 23.8. The molecule has 3 aromatic rings. The number of aromatic amines is 1. The van der Waals surface area contributed by atoms with Crippen molar-refractivity contribution >= 4 is 34.5 Å². The number of rotatable bonds is 8. The number of Topliss-reactive ketones (excluding diaryl/α,β-unsaturated/α-hetero) is 1. The Bertz CT molecular complexity index is 1360. The molecule has 1 aromatic carbocycles. The number of carbonyl (C=O) groups is 2. The molecule has 2 aromatic heterocycles. The molecule has 2 aliphatic rings. The number of nitrogens with zero attached hydrogens (tertiary/aromatic N) is 2. The summed E-state index contributed by atoms with van der Waals surface area (Å²) in [6, 6.07) is 9.89. The van der Waals surface area contributed by atoms with Gasteiger partial charge in [-0.05, 0) is 81.6 Å². The predicted octanol–water partition coefficient (Wildman–Crippen LogP) is 4.34. The summed E-state index contributed by atoms with van der Waals surface area (Å²) in [5.41, 5.74) is 4.32. The zero-order chi connectivity index (χ0) is 25.1. The molecule has 0 amide bonds. The fraction of sp³-hybridized carbons (Fsp3) is 0.321. The lowest BCUT2D eigenvalue weighted by Crippen LogP contribution is -2.21. The first-order chi connectivity index (χ1) is 17.5. The lowest BCUT2D eigenvalue weighted by atomic mass is 10.1. The molecule has 0 spiro atoms. The molecule has 0 radical (unpaired) electrons. The van der Waals surface area contributed by atoms with Gasteiger partial charge in [0.15, 0.2) is 11.3 Å². The molecular formula is C28H30N4O4. The molecule has 5 rings (SSSR count). The van der Waals surface area contributed by atoms with Crippen LogP contribution in [0.3, 0.4) is 0 Å². The normalized spacial score (nSPS) is 17.3. The van der Waals surface area contributed by atoms with Crippen LogP contribution in [-0.4, -0.2) is 52.9 Å². The molecule has 0 bridgehead atoms. The van der Waals surface area contributed by atoms with Crippen LogP contribution in [0.15, 0.2) is 59.9 Å². The van der Waals surface area contributed by atoms with Crippen LogP contribution in [0.2, 0.25) is 0 Å². The van der Waals surface area contributed by atoms with Crippen LogP contribution >= 0.6 is 0 Å². The number of likely N-dealkylation sites (tertiary alicyclic amines) is 1. The zero-order valence-electron chi connectivity index (χ0n) is 20.6. The highest BCUT2D eigenvalue weighted by atomic mass is 16.5. The lowest BCUT2D eigenvalue weighted by molar-refractivity contribution is -0.139. The van der Waals surface area contributed by atoms with Crippen molar-refractivity contribution in [2.24, 2.45) is 0 Å². The Hall–Kier alpha value is -3.91. The van der Waals surface area contributed by atoms with Crippen molar-refractivity contribution in [1.82, 2.24) is 14.9 Å². The van der Waals surface area contributed by atoms with Gasteiger partial charge < -0.3 is 24.7 Å². The summed E-state index contributed by atoms with van der Waals surface area (Å²) in [4.78, 5) is 35.8. The van der Waals surface area contributed by atoms with Gasteiger partial charge in [-0.25, -0.2) is 9.78 Å². The third-order valence-electron chi connectivity index (χ3n) is 6.59. The minimum atomic E-state index is -0.714. The Balaban J connectivity index is 1.38. The van der Waals surface area contributed by atoms with E-state index >= 15 is 0 Å². The molecule has 1 saturated heterocycles. The molecule has 2 N–H and O–H groups in total. The van der Waals surface area contributed by atoms with Crippen molar-refractivity contribution in [2.75, 3.05) is 31.6 Å². The average Bonchev–Trinajstić information content (AvgIpc) is 3.60. The van der Waals surface area contributed by atoms with Crippen molar-refractivity contribution in [3.63, 3.8) is 0 Å². The number of esters is 1. The Morgan fingerprint density at radius 2 is 2.11 bits per heavy atom. The van der Waals surface area contributed by atoms with Crippen LogP contribution in [0.1, 0.15) is 36.5 Å². The largest absolute Gasteiger partial charge is 0.462 e. The molecule has 0 atom stereocenters. The van der Waals surface area contributed by atoms with E-state index in [0.29, 0.717) is 5.65 Å². The fourth-order valence-electron chi connectivity index (χ4n) is 4.68. The number of hydrogen-bond donors (Lipinski definition) is 2. The number of aryl methyl sites for hydroxylation is 1. The molecule has 1 fully saturated rings. The third kappa shape index (κ3) is 4.90. The number of ether oxygens (including phenoxy) is 2. The fourth-order valence-corrected chi connectivity index (χ4v) is 4.68. The standard InChI is InChI=1S/C28H30N4O4/c1-3-35-28(34)24-25(33)23(16-20-17-30-26-21(20)7-6-11-29-26)36-27(24)31-22-9-8-19(15-18(22)2)10-14-32-12-4-5-13-32/h6-9,11,15-17,31H,3-5,10,12-14H2,1-2H3,(H,29,30)/b23-16-. The molecular weight excluding hydrogens is 456 g/mol. The van der Waals surface area contributed by atoms with E-state index < -0.39 is 11.8 Å². The van der Waals surface area contributed by atoms with Gasteiger partial charge in [-0.15, -0.1) is 0 Å². The van der Waals surface area contributed by atoms with E-state index in [2.05, 4.69) is 32.3 Å². The van der Waals surface area contributed by atoms with E-state index in [9.17, 15) is 9.59 Å². The Labute approximate surface area is 210 Å². The number of anilines is 1. The van der Waals surface area contributed by atoms with Crippen LogP contribution in [0.4, 0.5) is 5.69 Å². The van der Waals surface area contributed by atoms with Gasteiger partial charge in [0.25, 0.3) is 0 Å². The molecule has 2 aliphatic heterocycles. The zero-order valence-corrected chi connectivity index (χ0v) is 20.6. The van der Waals surface area contributed by atoms with E-state index in [0.717, 1.165) is 35.2 Å². The molecule has 36 heavy (non-hydrogen) atoms. The number of fused-ring (bicyclic) bond motifs is 1. The first-order valence-electron chi connectivity index (χ1n) is 12.4. The maximum atomic E-state index is 13.2. The SMILES string of the molecule is CCOC(=O)C1=C(Nc2ccc(CCN3CCCC3)cc2C)O/C(=C\c2c[nH]c3ncccc23)C1=O. The number of aromatic nitrogens is 2. The number of H-pyrrole nitrogens is 1. The second-order valence-electron chi connectivity index (χ2n) is 9.08. The van der Waals surface area contributed by atoms with Gasteiger partial charge >= 0.3 is 5.97 Å². The van der Waals surface area contributed by atoms with Gasteiger partial charge in [0.1, 0.15) is 5.65 Å². The van der Waals surface area contributed by atoms with Crippen molar-refractivity contribution < 1.29 is 19.1 Å². The van der Waals surface area contributed by atoms with Crippen LogP contribution in [0.5, 0.6) is 0 Å². The monoisotopic (exact) mass is 486 g/mol. The maximum absolute atomic E-state index is 13.2. The number of benzene rings is 1. The molecule has 8 nitrogen and oxygen atoms in total. The summed E-state index contributed by atoms with van der Waals surface area (Å²) in [5.74, 6) is -1.11. The number of carbonyl (C=O) groups excluding carboxylic acids is 2. The van der Waals surface area contributed by atoms with Crippen LogP contribution in [-0.2, 0) is 25.5 Å². The van der Waals surface area contributed by atoms with E-state index in [1.807, 2.05) is 25.1 Å². The molecule has 0 unspecified atom stereocenters. The van der Waals surface area contributed by atoms with Crippen molar-refractivity contribution in [3.8, 4) is 0 Å². The topological polar surface area (TPSA) is 96.6 Å². The summed E-state index contributed by atoms with van der Waals surface area (Å²) in [6.07, 6.45) is 8.61. The van der Waals surface area contributed by atoms with E-state index in [-0.39, 0.29) is 23.8 Å². The smallest absolute Gasteiger partial charge is 0.347 e. The Morgan fingerprint density at radius 3 is 2.89 bits per heavy atom. The van der Waals surface area contributed by atoms with Gasteiger partial charge in [-0.3, -0.25) is 4.79 Å². The molecule has 186 valence electrons. The number of nitrogens with one attached hydrogen (secondary N) is 2. The van der Waals surface area contributed by atoms with Gasteiger partial charge in [-0.2, -0.15) is 0 Å². The highest BCUT2D eigenvalue weighted by Gasteiger charge is 2.37. The van der Waals surface area contributed by atoms with Crippen molar-refractivity contribution in [2.45, 2.75) is 33.1 Å². The van der Waals surface area contributed by atoms with E-state index in [1.165, 1.54) is 31.5 Å². The minimum absolute atomic E-state index is 0.0465. The van der Waals surface area contributed by atoms with Crippen LogP contribution in [0.25, 0.3) is 17.1 Å². The lowest BCUT2D eigenvalue weighted by Gasteiger charge is -2.16. The average molecular weight is 487 g/mol. The summed E-state index contributed by atoms with van der Waals surface area (Å²) in [6.45, 7) is 7.27. The van der Waals surface area contributed by atoms with Crippen LogP contribution in [0, 0.1) is 6.92 Å². The van der Waals surface area contributed by atoms with Crippen molar-refractivity contribution in [1.29, 1.82) is 0 Å². The molecule has 4 heterocycles. The Morgan fingerprint density at radius 1 is 1.28 bits per heavy atom.